The van der Waals surface area contributed by atoms with Crippen LogP contribution in [-0.2, 0) is 0 Å². The minimum absolute atomic E-state index is 0.179. The first-order valence-electron chi connectivity index (χ1n) is 6.45. The van der Waals surface area contributed by atoms with Crippen LogP contribution in [0.25, 0.3) is 0 Å². The molecule has 1 unspecified atom stereocenters. The summed E-state index contributed by atoms with van der Waals surface area (Å²) in [7, 11) is 0. The number of hydrogen-bond donors (Lipinski definition) is 0. The second-order valence-corrected chi connectivity index (χ2v) is 4.87. The average molecular weight is 263 g/mol. The fourth-order valence-electron chi connectivity index (χ4n) is 2.27. The SMILES string of the molecule is Cc1ccc(C(=O)C2C=Nc3ccccc3C2=O)cc1. The van der Waals surface area contributed by atoms with Gasteiger partial charge in [0.05, 0.1) is 5.69 Å². The van der Waals surface area contributed by atoms with Gasteiger partial charge in [-0.25, -0.2) is 0 Å². The van der Waals surface area contributed by atoms with E-state index in [0.717, 1.165) is 5.56 Å². The molecule has 0 aliphatic carbocycles. The van der Waals surface area contributed by atoms with Crippen molar-refractivity contribution in [1.82, 2.24) is 0 Å². The van der Waals surface area contributed by atoms with Crippen LogP contribution >= 0.6 is 0 Å². The van der Waals surface area contributed by atoms with Crippen molar-refractivity contribution in [2.24, 2.45) is 10.9 Å². The first-order valence-corrected chi connectivity index (χ1v) is 6.45. The first kappa shape index (κ1) is 12.5. The molecule has 0 aromatic heterocycles. The molecule has 0 amide bonds. The van der Waals surface area contributed by atoms with Crippen molar-refractivity contribution in [3.8, 4) is 0 Å². The number of Topliss-reactive ketones (excluding diaryl/α,β-unsaturated/α-hetero) is 2. The normalized spacial score (nSPS) is 16.9. The number of carbonyl (C=O) groups is 2. The summed E-state index contributed by atoms with van der Waals surface area (Å²) in [4.78, 5) is 29.0. The smallest absolute Gasteiger partial charge is 0.181 e. The van der Waals surface area contributed by atoms with Crippen molar-refractivity contribution >= 4 is 23.5 Å². The molecule has 1 aliphatic rings. The van der Waals surface area contributed by atoms with Crippen LogP contribution in [0.5, 0.6) is 0 Å². The summed E-state index contributed by atoms with van der Waals surface area (Å²) in [5.74, 6) is -1.19. The van der Waals surface area contributed by atoms with Crippen molar-refractivity contribution in [2.75, 3.05) is 0 Å². The van der Waals surface area contributed by atoms with Crippen molar-refractivity contribution in [3.05, 3.63) is 65.2 Å². The van der Waals surface area contributed by atoms with E-state index in [9.17, 15) is 9.59 Å². The van der Waals surface area contributed by atoms with Gasteiger partial charge in [0.25, 0.3) is 0 Å². The largest absolute Gasteiger partial charge is 0.293 e. The molecule has 1 heterocycles. The highest BCUT2D eigenvalue weighted by molar-refractivity contribution is 6.27. The van der Waals surface area contributed by atoms with Crippen LogP contribution in [-0.4, -0.2) is 17.8 Å². The molecule has 3 rings (SSSR count). The lowest BCUT2D eigenvalue weighted by molar-refractivity contribution is 0.0855. The number of hydrogen-bond acceptors (Lipinski definition) is 3. The Labute approximate surface area is 117 Å². The zero-order valence-electron chi connectivity index (χ0n) is 11.0. The third kappa shape index (κ3) is 2.07. The van der Waals surface area contributed by atoms with E-state index in [-0.39, 0.29) is 11.6 Å². The van der Waals surface area contributed by atoms with E-state index in [1.807, 2.05) is 25.1 Å². The summed E-state index contributed by atoms with van der Waals surface area (Å²) < 4.78 is 0. The number of carbonyl (C=O) groups excluding carboxylic acids is 2. The summed E-state index contributed by atoms with van der Waals surface area (Å²) in [5.41, 5.74) is 2.77. The zero-order valence-corrected chi connectivity index (χ0v) is 11.0. The second kappa shape index (κ2) is 4.85. The van der Waals surface area contributed by atoms with E-state index >= 15 is 0 Å². The number of fused-ring (bicyclic) bond motifs is 1. The molecule has 0 fully saturated rings. The Hall–Kier alpha value is -2.55. The number of ketones is 2. The summed E-state index contributed by atoms with van der Waals surface area (Å²) in [6.45, 7) is 1.96. The summed E-state index contributed by atoms with van der Waals surface area (Å²) in [6, 6.07) is 14.3. The Bertz CT molecular complexity index is 714. The average Bonchev–Trinajstić information content (AvgIpc) is 2.48. The summed E-state index contributed by atoms with van der Waals surface area (Å²) in [6.07, 6.45) is 1.45. The van der Waals surface area contributed by atoms with Gasteiger partial charge in [-0.15, -0.1) is 0 Å². The Morgan fingerprint density at radius 1 is 1.05 bits per heavy atom. The molecule has 0 bridgehead atoms. The molecule has 20 heavy (non-hydrogen) atoms. The van der Waals surface area contributed by atoms with Crippen molar-refractivity contribution in [3.63, 3.8) is 0 Å². The first-order chi connectivity index (χ1) is 9.66. The maximum atomic E-state index is 12.4. The van der Waals surface area contributed by atoms with Crippen LogP contribution in [0.4, 0.5) is 5.69 Å². The topological polar surface area (TPSA) is 46.5 Å². The molecule has 3 nitrogen and oxygen atoms in total. The molecule has 98 valence electrons. The van der Waals surface area contributed by atoms with Crippen LogP contribution in [0.1, 0.15) is 26.3 Å². The molecule has 0 spiro atoms. The monoisotopic (exact) mass is 263 g/mol. The quantitative estimate of drug-likeness (QED) is 0.616. The van der Waals surface area contributed by atoms with E-state index in [1.165, 1.54) is 6.21 Å². The van der Waals surface area contributed by atoms with Gasteiger partial charge in [-0.05, 0) is 19.1 Å². The van der Waals surface area contributed by atoms with Gasteiger partial charge >= 0.3 is 0 Å². The van der Waals surface area contributed by atoms with Crippen LogP contribution in [0.15, 0.2) is 53.5 Å². The molecular weight excluding hydrogens is 250 g/mol. The van der Waals surface area contributed by atoms with Crippen LogP contribution in [0.2, 0.25) is 0 Å². The lowest BCUT2D eigenvalue weighted by atomic mass is 9.88. The van der Waals surface area contributed by atoms with Gasteiger partial charge in [0, 0.05) is 17.3 Å². The number of aryl methyl sites for hydroxylation is 1. The predicted octanol–water partition coefficient (Wildman–Crippen LogP) is 3.39. The number of nitrogens with zero attached hydrogens (tertiary/aromatic N) is 1. The number of aliphatic imine (C=N–C) groups is 1. The zero-order chi connectivity index (χ0) is 14.1. The minimum atomic E-state index is -0.812. The molecule has 2 aromatic carbocycles. The summed E-state index contributed by atoms with van der Waals surface area (Å²) in [5, 5.41) is 0. The van der Waals surface area contributed by atoms with E-state index < -0.39 is 5.92 Å². The molecule has 0 N–H and O–H groups in total. The lowest BCUT2D eigenvalue weighted by Crippen LogP contribution is -2.28. The van der Waals surface area contributed by atoms with E-state index in [2.05, 4.69) is 4.99 Å². The Morgan fingerprint density at radius 2 is 1.75 bits per heavy atom. The molecule has 0 saturated carbocycles. The lowest BCUT2D eigenvalue weighted by Gasteiger charge is -2.16. The van der Waals surface area contributed by atoms with Gasteiger partial charge in [-0.1, -0.05) is 42.0 Å². The predicted molar refractivity (Wildman–Crippen MR) is 77.9 cm³/mol. The Morgan fingerprint density at radius 3 is 2.50 bits per heavy atom. The van der Waals surface area contributed by atoms with E-state index in [0.29, 0.717) is 16.8 Å². The van der Waals surface area contributed by atoms with Gasteiger partial charge in [0.2, 0.25) is 0 Å². The van der Waals surface area contributed by atoms with Crippen LogP contribution in [0, 0.1) is 12.8 Å². The van der Waals surface area contributed by atoms with E-state index in [4.69, 9.17) is 0 Å². The van der Waals surface area contributed by atoms with Crippen molar-refractivity contribution < 1.29 is 9.59 Å². The fraction of sp³-hybridized carbons (Fsp3) is 0.118. The molecule has 2 aromatic rings. The molecule has 3 heteroatoms. The van der Waals surface area contributed by atoms with E-state index in [1.54, 1.807) is 30.3 Å². The molecule has 1 atom stereocenters. The van der Waals surface area contributed by atoms with Crippen molar-refractivity contribution in [2.45, 2.75) is 6.92 Å². The maximum absolute atomic E-state index is 12.4. The molecule has 0 radical (unpaired) electrons. The van der Waals surface area contributed by atoms with Crippen LogP contribution < -0.4 is 0 Å². The van der Waals surface area contributed by atoms with Gasteiger partial charge < -0.3 is 0 Å². The van der Waals surface area contributed by atoms with Crippen LogP contribution in [0.3, 0.4) is 0 Å². The number of benzene rings is 2. The highest BCUT2D eigenvalue weighted by Crippen LogP contribution is 2.27. The molecular formula is C17H13NO2. The fourth-order valence-corrected chi connectivity index (χ4v) is 2.27. The van der Waals surface area contributed by atoms with Gasteiger partial charge in [0.1, 0.15) is 5.92 Å². The Kier molecular flexibility index (Phi) is 3.03. The second-order valence-electron chi connectivity index (χ2n) is 4.87. The highest BCUT2D eigenvalue weighted by Gasteiger charge is 2.30. The maximum Gasteiger partial charge on any atom is 0.181 e. The van der Waals surface area contributed by atoms with Gasteiger partial charge in [-0.3, -0.25) is 14.6 Å². The highest BCUT2D eigenvalue weighted by atomic mass is 16.2. The Balaban J connectivity index is 1.95. The minimum Gasteiger partial charge on any atom is -0.293 e. The summed E-state index contributed by atoms with van der Waals surface area (Å²) >= 11 is 0. The van der Waals surface area contributed by atoms with Gasteiger partial charge in [0.15, 0.2) is 11.6 Å². The number of rotatable bonds is 2. The third-order valence-electron chi connectivity index (χ3n) is 3.43. The van der Waals surface area contributed by atoms with Gasteiger partial charge in [-0.2, -0.15) is 0 Å². The van der Waals surface area contributed by atoms with Crippen molar-refractivity contribution in [1.29, 1.82) is 0 Å². The molecule has 0 saturated heterocycles. The third-order valence-corrected chi connectivity index (χ3v) is 3.43. The number of para-hydroxylation sites is 1. The molecule has 1 aliphatic heterocycles. The standard InChI is InChI=1S/C17H13NO2/c1-11-6-8-12(9-7-11)16(19)14-10-18-15-5-3-2-4-13(15)17(14)20/h2-10,14H,1H3.